The predicted molar refractivity (Wildman–Crippen MR) is 66.0 cm³/mol. The summed E-state index contributed by atoms with van der Waals surface area (Å²) in [7, 11) is 0. The zero-order valence-electron chi connectivity index (χ0n) is 9.73. The molecule has 1 unspecified atom stereocenters. The van der Waals surface area contributed by atoms with Crippen molar-refractivity contribution in [3.8, 4) is 0 Å². The molecule has 0 aliphatic heterocycles. The number of nitrogens with two attached hydrogens (primary N) is 1. The first-order valence-electron chi connectivity index (χ1n) is 5.59. The fourth-order valence-electron chi connectivity index (χ4n) is 1.73. The molecule has 2 rings (SSSR count). The van der Waals surface area contributed by atoms with Gasteiger partial charge in [0.1, 0.15) is 5.82 Å². The minimum absolute atomic E-state index is 0.0770. The average Bonchev–Trinajstić information content (AvgIpc) is 2.33. The van der Waals surface area contributed by atoms with Crippen molar-refractivity contribution in [2.75, 3.05) is 0 Å². The van der Waals surface area contributed by atoms with E-state index in [-0.39, 0.29) is 11.9 Å². The summed E-state index contributed by atoms with van der Waals surface area (Å²) in [4.78, 5) is 3.94. The second kappa shape index (κ2) is 5.06. The maximum absolute atomic E-state index is 13.7. The summed E-state index contributed by atoms with van der Waals surface area (Å²) in [6, 6.07) is 8.74. The quantitative estimate of drug-likeness (QED) is 0.880. The van der Waals surface area contributed by atoms with E-state index in [1.165, 1.54) is 6.07 Å². The number of hydrogen-bond donors (Lipinski definition) is 1. The highest BCUT2D eigenvalue weighted by Gasteiger charge is 2.07. The number of aromatic nitrogens is 1. The van der Waals surface area contributed by atoms with Gasteiger partial charge >= 0.3 is 0 Å². The first-order valence-corrected chi connectivity index (χ1v) is 5.59. The molecule has 0 fully saturated rings. The van der Waals surface area contributed by atoms with Gasteiger partial charge in [-0.15, -0.1) is 0 Å². The summed E-state index contributed by atoms with van der Waals surface area (Å²) in [5, 5.41) is 0. The van der Waals surface area contributed by atoms with Gasteiger partial charge in [0.25, 0.3) is 0 Å². The zero-order valence-corrected chi connectivity index (χ0v) is 9.73. The highest BCUT2D eigenvalue weighted by Crippen LogP contribution is 2.18. The second-order valence-electron chi connectivity index (χ2n) is 4.17. The van der Waals surface area contributed by atoms with Crippen LogP contribution in [0.25, 0.3) is 0 Å². The highest BCUT2D eigenvalue weighted by molar-refractivity contribution is 5.31. The van der Waals surface area contributed by atoms with E-state index in [1.54, 1.807) is 18.5 Å². The van der Waals surface area contributed by atoms with Gasteiger partial charge in [-0.2, -0.15) is 0 Å². The van der Waals surface area contributed by atoms with Gasteiger partial charge in [0.05, 0.1) is 0 Å². The van der Waals surface area contributed by atoms with E-state index >= 15 is 0 Å². The predicted octanol–water partition coefficient (Wildman–Crippen LogP) is 2.83. The molecule has 88 valence electrons. The molecule has 0 amide bonds. The molecule has 17 heavy (non-hydrogen) atoms. The van der Waals surface area contributed by atoms with Crippen LogP contribution in [0, 0.1) is 5.82 Å². The number of rotatable bonds is 3. The molecule has 0 aliphatic rings. The molecular weight excluding hydrogens is 215 g/mol. The van der Waals surface area contributed by atoms with Gasteiger partial charge in [-0.3, -0.25) is 4.98 Å². The van der Waals surface area contributed by atoms with Crippen molar-refractivity contribution in [3.05, 3.63) is 65.2 Å². The van der Waals surface area contributed by atoms with Crippen LogP contribution in [0.15, 0.2) is 42.7 Å². The molecule has 2 nitrogen and oxygen atoms in total. The van der Waals surface area contributed by atoms with Crippen LogP contribution in [0.5, 0.6) is 0 Å². The maximum atomic E-state index is 13.7. The molecular formula is C14H15FN2. The smallest absolute Gasteiger partial charge is 0.126 e. The van der Waals surface area contributed by atoms with Crippen LogP contribution in [-0.4, -0.2) is 4.98 Å². The molecule has 1 heterocycles. The van der Waals surface area contributed by atoms with Crippen molar-refractivity contribution >= 4 is 0 Å². The first-order chi connectivity index (χ1) is 8.16. The standard InChI is InChI=1S/C14H15FN2/c1-10(16)12-2-3-14(15)13(9-12)8-11-4-6-17-7-5-11/h2-7,9-10H,8,16H2,1H3. The Kier molecular flexibility index (Phi) is 3.49. The topological polar surface area (TPSA) is 38.9 Å². The van der Waals surface area contributed by atoms with Crippen molar-refractivity contribution in [3.63, 3.8) is 0 Å². The van der Waals surface area contributed by atoms with Crippen LogP contribution in [-0.2, 0) is 6.42 Å². The maximum Gasteiger partial charge on any atom is 0.126 e. The summed E-state index contributed by atoms with van der Waals surface area (Å²) in [5.74, 6) is -0.189. The fourth-order valence-corrected chi connectivity index (χ4v) is 1.73. The number of pyridine rings is 1. The minimum atomic E-state index is -0.189. The second-order valence-corrected chi connectivity index (χ2v) is 4.17. The fraction of sp³-hybridized carbons (Fsp3) is 0.214. The van der Waals surface area contributed by atoms with Gasteiger partial charge in [-0.05, 0) is 41.8 Å². The summed E-state index contributed by atoms with van der Waals surface area (Å²) in [6.07, 6.45) is 3.99. The molecule has 0 bridgehead atoms. The Morgan fingerprint density at radius 3 is 2.59 bits per heavy atom. The molecule has 0 radical (unpaired) electrons. The Morgan fingerprint density at radius 2 is 1.94 bits per heavy atom. The van der Waals surface area contributed by atoms with E-state index in [0.29, 0.717) is 12.0 Å². The Labute approximate surface area is 100 Å². The summed E-state index contributed by atoms with van der Waals surface area (Å²) in [6.45, 7) is 1.89. The Hall–Kier alpha value is -1.74. The molecule has 1 aromatic carbocycles. The summed E-state index contributed by atoms with van der Waals surface area (Å²) in [5.41, 5.74) is 8.46. The van der Waals surface area contributed by atoms with Crippen molar-refractivity contribution in [1.82, 2.24) is 4.98 Å². The summed E-state index contributed by atoms with van der Waals surface area (Å²) >= 11 is 0. The minimum Gasteiger partial charge on any atom is -0.324 e. The Bertz CT molecular complexity index is 495. The molecule has 0 spiro atoms. The molecule has 1 atom stereocenters. The molecule has 2 aromatic rings. The van der Waals surface area contributed by atoms with Crippen LogP contribution in [0.3, 0.4) is 0 Å². The van der Waals surface area contributed by atoms with E-state index in [4.69, 9.17) is 5.73 Å². The van der Waals surface area contributed by atoms with Gasteiger partial charge < -0.3 is 5.73 Å². The van der Waals surface area contributed by atoms with E-state index in [2.05, 4.69) is 4.98 Å². The lowest BCUT2D eigenvalue weighted by Gasteiger charge is -2.09. The monoisotopic (exact) mass is 230 g/mol. The van der Waals surface area contributed by atoms with Crippen molar-refractivity contribution in [1.29, 1.82) is 0 Å². The number of hydrogen-bond acceptors (Lipinski definition) is 2. The van der Waals surface area contributed by atoms with Crippen LogP contribution in [0.2, 0.25) is 0 Å². The van der Waals surface area contributed by atoms with Crippen molar-refractivity contribution in [2.45, 2.75) is 19.4 Å². The van der Waals surface area contributed by atoms with E-state index in [9.17, 15) is 4.39 Å². The van der Waals surface area contributed by atoms with Crippen LogP contribution < -0.4 is 5.73 Å². The summed E-state index contributed by atoms with van der Waals surface area (Å²) < 4.78 is 13.7. The molecule has 0 saturated heterocycles. The number of nitrogens with zero attached hydrogens (tertiary/aromatic N) is 1. The van der Waals surface area contributed by atoms with Crippen LogP contribution in [0.1, 0.15) is 29.7 Å². The average molecular weight is 230 g/mol. The normalized spacial score (nSPS) is 12.4. The number of halogens is 1. The third-order valence-corrected chi connectivity index (χ3v) is 2.74. The molecule has 1 aromatic heterocycles. The third-order valence-electron chi connectivity index (χ3n) is 2.74. The van der Waals surface area contributed by atoms with Crippen molar-refractivity contribution < 1.29 is 4.39 Å². The lowest BCUT2D eigenvalue weighted by molar-refractivity contribution is 0.611. The van der Waals surface area contributed by atoms with Gasteiger partial charge in [0, 0.05) is 24.9 Å². The van der Waals surface area contributed by atoms with Gasteiger partial charge in [0.15, 0.2) is 0 Å². The van der Waals surface area contributed by atoms with Crippen molar-refractivity contribution in [2.24, 2.45) is 5.73 Å². The highest BCUT2D eigenvalue weighted by atomic mass is 19.1. The van der Waals surface area contributed by atoms with E-state index in [1.807, 2.05) is 25.1 Å². The Balaban J connectivity index is 2.29. The van der Waals surface area contributed by atoms with Crippen LogP contribution in [0.4, 0.5) is 4.39 Å². The largest absolute Gasteiger partial charge is 0.324 e. The molecule has 0 aliphatic carbocycles. The SMILES string of the molecule is CC(N)c1ccc(F)c(Cc2ccncc2)c1. The molecule has 0 saturated carbocycles. The van der Waals surface area contributed by atoms with Gasteiger partial charge in [-0.25, -0.2) is 4.39 Å². The van der Waals surface area contributed by atoms with Crippen LogP contribution >= 0.6 is 0 Å². The first kappa shape index (κ1) is 11.7. The molecule has 2 N–H and O–H groups in total. The lowest BCUT2D eigenvalue weighted by atomic mass is 10.0. The van der Waals surface area contributed by atoms with E-state index < -0.39 is 0 Å². The molecule has 3 heteroatoms. The zero-order chi connectivity index (χ0) is 12.3. The Morgan fingerprint density at radius 1 is 1.24 bits per heavy atom. The van der Waals surface area contributed by atoms with Gasteiger partial charge in [0.2, 0.25) is 0 Å². The van der Waals surface area contributed by atoms with E-state index in [0.717, 1.165) is 11.1 Å². The lowest BCUT2D eigenvalue weighted by Crippen LogP contribution is -2.06. The van der Waals surface area contributed by atoms with Gasteiger partial charge in [-0.1, -0.05) is 12.1 Å². The number of benzene rings is 1. The third kappa shape index (κ3) is 2.88.